The molecule has 17 heavy (non-hydrogen) atoms. The minimum absolute atomic E-state index is 0.0448. The summed E-state index contributed by atoms with van der Waals surface area (Å²) < 4.78 is 1.94. The van der Waals surface area contributed by atoms with Gasteiger partial charge < -0.3 is 0 Å². The minimum Gasteiger partial charge on any atom is -0.298 e. The van der Waals surface area contributed by atoms with Crippen LogP contribution in [0.25, 0.3) is 0 Å². The lowest BCUT2D eigenvalue weighted by Crippen LogP contribution is -2.34. The molecule has 0 aliphatic carbocycles. The van der Waals surface area contributed by atoms with Crippen molar-refractivity contribution in [2.24, 2.45) is 0 Å². The summed E-state index contributed by atoms with van der Waals surface area (Å²) in [4.78, 5) is 25.6. The Bertz CT molecular complexity index is 632. The van der Waals surface area contributed by atoms with Gasteiger partial charge in [-0.05, 0) is 11.6 Å². The molecule has 0 amide bonds. The zero-order chi connectivity index (χ0) is 12.4. The van der Waals surface area contributed by atoms with Gasteiger partial charge in [0.15, 0.2) is 0 Å². The average Bonchev–Trinajstić information content (AvgIpc) is 2.25. The molecule has 0 bridgehead atoms. The van der Waals surface area contributed by atoms with E-state index < -0.39 is 11.2 Å². The van der Waals surface area contributed by atoms with Crippen molar-refractivity contribution in [2.75, 3.05) is 0 Å². The lowest BCUT2D eigenvalue weighted by atomic mass is 10.2. The van der Waals surface area contributed by atoms with Gasteiger partial charge in [-0.15, -0.1) is 0 Å². The maximum atomic E-state index is 11.6. The van der Waals surface area contributed by atoms with Crippen LogP contribution in [0.4, 0.5) is 0 Å². The van der Waals surface area contributed by atoms with E-state index in [1.165, 1.54) is 6.07 Å². The maximum Gasteiger partial charge on any atom is 0.329 e. The molecule has 1 N–H and O–H groups in total. The molecular formula is C11H8BrClN2O2. The minimum atomic E-state index is -0.516. The van der Waals surface area contributed by atoms with Gasteiger partial charge in [-0.3, -0.25) is 14.3 Å². The number of nitrogens with zero attached hydrogens (tertiary/aromatic N) is 1. The predicted molar refractivity (Wildman–Crippen MR) is 69.6 cm³/mol. The van der Waals surface area contributed by atoms with Crippen molar-refractivity contribution in [1.29, 1.82) is 0 Å². The molecule has 0 radical (unpaired) electrons. The zero-order valence-corrected chi connectivity index (χ0v) is 11.0. The van der Waals surface area contributed by atoms with Crippen LogP contribution in [0.1, 0.15) is 5.56 Å². The smallest absolute Gasteiger partial charge is 0.298 e. The van der Waals surface area contributed by atoms with Crippen LogP contribution < -0.4 is 11.2 Å². The van der Waals surface area contributed by atoms with Gasteiger partial charge in [0.25, 0.3) is 5.56 Å². The number of hydrogen-bond acceptors (Lipinski definition) is 2. The maximum absolute atomic E-state index is 11.6. The molecule has 0 atom stereocenters. The highest BCUT2D eigenvalue weighted by atomic mass is 79.9. The first-order valence-corrected chi connectivity index (χ1v) is 5.98. The third-order valence-corrected chi connectivity index (χ3v) is 3.25. The van der Waals surface area contributed by atoms with Gasteiger partial charge in [0.05, 0.1) is 6.54 Å². The number of nitrogens with one attached hydrogen (secondary N) is 1. The van der Waals surface area contributed by atoms with Gasteiger partial charge in [-0.1, -0.05) is 45.7 Å². The molecule has 0 aliphatic rings. The second kappa shape index (κ2) is 4.89. The van der Waals surface area contributed by atoms with Crippen molar-refractivity contribution in [3.05, 3.63) is 66.4 Å². The Morgan fingerprint density at radius 2 is 2.00 bits per heavy atom. The second-order valence-corrected chi connectivity index (χ2v) is 4.70. The zero-order valence-electron chi connectivity index (χ0n) is 8.61. The van der Waals surface area contributed by atoms with Crippen molar-refractivity contribution in [3.8, 4) is 0 Å². The van der Waals surface area contributed by atoms with E-state index in [1.54, 1.807) is 0 Å². The van der Waals surface area contributed by atoms with Crippen molar-refractivity contribution in [3.63, 3.8) is 0 Å². The van der Waals surface area contributed by atoms with Crippen molar-refractivity contribution in [2.45, 2.75) is 6.54 Å². The molecule has 1 heterocycles. The van der Waals surface area contributed by atoms with Gasteiger partial charge in [-0.2, -0.15) is 0 Å². The lowest BCUT2D eigenvalue weighted by Gasteiger charge is -2.06. The van der Waals surface area contributed by atoms with E-state index >= 15 is 0 Å². The van der Waals surface area contributed by atoms with Gasteiger partial charge in [0.2, 0.25) is 0 Å². The van der Waals surface area contributed by atoms with Crippen LogP contribution in [-0.2, 0) is 6.54 Å². The van der Waals surface area contributed by atoms with Crippen LogP contribution in [0.2, 0.25) is 5.15 Å². The van der Waals surface area contributed by atoms with Crippen LogP contribution in [0.15, 0.2) is 44.4 Å². The van der Waals surface area contributed by atoms with E-state index in [9.17, 15) is 9.59 Å². The monoisotopic (exact) mass is 314 g/mol. The Kier molecular flexibility index (Phi) is 3.49. The Balaban J connectivity index is 2.48. The van der Waals surface area contributed by atoms with E-state index in [1.807, 2.05) is 24.3 Å². The molecule has 1 aromatic heterocycles. The van der Waals surface area contributed by atoms with Gasteiger partial charge in [-0.25, -0.2) is 4.79 Å². The standard InChI is InChI=1S/C11H8BrClN2O2/c12-8-4-2-1-3-7(8)6-15-10(16)5-9(13)14-11(15)17/h1-5H,6H2,(H,14,17). The molecule has 0 unspecified atom stereocenters. The predicted octanol–water partition coefficient (Wildman–Crippen LogP) is 2.00. The van der Waals surface area contributed by atoms with Crippen LogP contribution in [0, 0.1) is 0 Å². The SMILES string of the molecule is O=c1cc(Cl)[nH]c(=O)n1Cc1ccccc1Br. The third kappa shape index (κ3) is 2.68. The van der Waals surface area contributed by atoms with E-state index in [0.717, 1.165) is 14.6 Å². The number of aromatic nitrogens is 2. The number of aromatic amines is 1. The number of H-pyrrole nitrogens is 1. The van der Waals surface area contributed by atoms with E-state index in [-0.39, 0.29) is 11.7 Å². The van der Waals surface area contributed by atoms with E-state index in [4.69, 9.17) is 11.6 Å². The molecule has 6 heteroatoms. The normalized spacial score (nSPS) is 10.5. The molecule has 88 valence electrons. The summed E-state index contributed by atoms with van der Waals surface area (Å²) in [5.41, 5.74) is -0.0878. The number of halogens is 2. The van der Waals surface area contributed by atoms with Crippen molar-refractivity contribution < 1.29 is 0 Å². The highest BCUT2D eigenvalue weighted by Crippen LogP contribution is 2.15. The summed E-state index contributed by atoms with van der Waals surface area (Å²) >= 11 is 8.94. The first-order chi connectivity index (χ1) is 8.08. The Labute approximate surface area is 110 Å². The summed E-state index contributed by atoms with van der Waals surface area (Å²) in [6.45, 7) is 0.201. The quantitative estimate of drug-likeness (QED) is 0.862. The van der Waals surface area contributed by atoms with Gasteiger partial charge >= 0.3 is 5.69 Å². The summed E-state index contributed by atoms with van der Waals surface area (Å²) in [5, 5.41) is 0.0448. The fourth-order valence-corrected chi connectivity index (χ4v) is 2.02. The topological polar surface area (TPSA) is 54.9 Å². The molecule has 1 aromatic carbocycles. The number of benzene rings is 1. The number of rotatable bonds is 2. The first-order valence-electron chi connectivity index (χ1n) is 4.81. The molecule has 4 nitrogen and oxygen atoms in total. The van der Waals surface area contributed by atoms with E-state index in [2.05, 4.69) is 20.9 Å². The summed E-state index contributed by atoms with van der Waals surface area (Å²) in [7, 11) is 0. The summed E-state index contributed by atoms with van der Waals surface area (Å²) in [5.74, 6) is 0. The highest BCUT2D eigenvalue weighted by molar-refractivity contribution is 9.10. The molecule has 0 saturated heterocycles. The second-order valence-electron chi connectivity index (χ2n) is 3.44. The lowest BCUT2D eigenvalue weighted by molar-refractivity contribution is 0.697. The Hall–Kier alpha value is -1.33. The molecule has 2 aromatic rings. The summed E-state index contributed by atoms with van der Waals surface area (Å²) in [6.07, 6.45) is 0. The molecule has 0 spiro atoms. The fourth-order valence-electron chi connectivity index (χ4n) is 1.44. The van der Waals surface area contributed by atoms with E-state index in [0.29, 0.717) is 0 Å². The summed E-state index contributed by atoms with van der Waals surface area (Å²) in [6, 6.07) is 8.58. The fraction of sp³-hybridized carbons (Fsp3) is 0.0909. The van der Waals surface area contributed by atoms with Gasteiger partial charge in [0.1, 0.15) is 5.15 Å². The van der Waals surface area contributed by atoms with Crippen LogP contribution in [0.5, 0.6) is 0 Å². The van der Waals surface area contributed by atoms with Crippen molar-refractivity contribution >= 4 is 27.5 Å². The molecule has 2 rings (SSSR count). The molecule has 0 saturated carbocycles. The Morgan fingerprint density at radius 1 is 1.29 bits per heavy atom. The average molecular weight is 316 g/mol. The number of hydrogen-bond donors (Lipinski definition) is 1. The van der Waals surface area contributed by atoms with Crippen LogP contribution in [0.3, 0.4) is 0 Å². The first kappa shape index (κ1) is 12.1. The third-order valence-electron chi connectivity index (χ3n) is 2.27. The van der Waals surface area contributed by atoms with Crippen LogP contribution >= 0.6 is 27.5 Å². The largest absolute Gasteiger partial charge is 0.329 e. The van der Waals surface area contributed by atoms with Crippen molar-refractivity contribution in [1.82, 2.24) is 9.55 Å². The van der Waals surface area contributed by atoms with Gasteiger partial charge in [0, 0.05) is 10.5 Å². The molecular weight excluding hydrogens is 307 g/mol. The Morgan fingerprint density at radius 3 is 2.65 bits per heavy atom. The molecule has 0 aliphatic heterocycles. The van der Waals surface area contributed by atoms with Crippen LogP contribution in [-0.4, -0.2) is 9.55 Å². The molecule has 0 fully saturated rings. The highest BCUT2D eigenvalue weighted by Gasteiger charge is 2.06.